The predicted octanol–water partition coefficient (Wildman–Crippen LogP) is 4.94. The van der Waals surface area contributed by atoms with Gasteiger partial charge in [-0.25, -0.2) is 0 Å². The predicted molar refractivity (Wildman–Crippen MR) is 93.9 cm³/mol. The number of amides is 2. The van der Waals surface area contributed by atoms with E-state index in [4.69, 9.17) is 0 Å². The second kappa shape index (κ2) is 7.19. The van der Waals surface area contributed by atoms with Crippen LogP contribution in [0.1, 0.15) is 36.7 Å². The molecule has 0 aliphatic heterocycles. The molecule has 2 aromatic carbocycles. The van der Waals surface area contributed by atoms with Crippen LogP contribution in [0.5, 0.6) is 0 Å². The molecule has 2 N–H and O–H groups in total. The lowest BCUT2D eigenvalue weighted by Gasteiger charge is -2.18. The van der Waals surface area contributed by atoms with Crippen LogP contribution in [-0.4, -0.2) is 11.8 Å². The van der Waals surface area contributed by atoms with Crippen LogP contribution >= 0.6 is 0 Å². The monoisotopic (exact) mass is 364 g/mol. The topological polar surface area (TPSA) is 58.2 Å². The Balaban J connectivity index is 2.16. The molecule has 0 saturated heterocycles. The molecule has 0 aliphatic rings. The molecule has 0 heterocycles. The largest absolute Gasteiger partial charge is 0.416 e. The number of benzene rings is 2. The molecule has 0 unspecified atom stereocenters. The van der Waals surface area contributed by atoms with Crippen molar-refractivity contribution in [1.82, 2.24) is 0 Å². The molecule has 7 heteroatoms. The summed E-state index contributed by atoms with van der Waals surface area (Å²) in [6, 6.07) is 10.6. The standard InChI is InChI=1S/C19H19F3N2O2/c1-18(2,3)17(26)24-14-8-4-6-12(10-14)16(25)23-15-9-5-7-13(11-15)19(20,21)22/h4-11H,1-3H3,(H,23,25)(H,24,26). The van der Waals surface area contributed by atoms with Crippen LogP contribution in [0, 0.1) is 5.41 Å². The molecule has 0 aliphatic carbocycles. The van der Waals surface area contributed by atoms with Gasteiger partial charge in [-0.15, -0.1) is 0 Å². The lowest BCUT2D eigenvalue weighted by molar-refractivity contribution is -0.137. The minimum absolute atomic E-state index is 0.0361. The smallest absolute Gasteiger partial charge is 0.326 e. The third-order valence-electron chi connectivity index (χ3n) is 3.51. The van der Waals surface area contributed by atoms with Crippen LogP contribution in [0.4, 0.5) is 24.5 Å². The fraction of sp³-hybridized carbons (Fsp3) is 0.263. The zero-order valence-electron chi connectivity index (χ0n) is 14.6. The van der Waals surface area contributed by atoms with Gasteiger partial charge in [0.1, 0.15) is 0 Å². The summed E-state index contributed by atoms with van der Waals surface area (Å²) in [5.74, 6) is -0.788. The van der Waals surface area contributed by atoms with Crippen molar-refractivity contribution in [2.24, 2.45) is 5.41 Å². The van der Waals surface area contributed by atoms with Gasteiger partial charge in [-0.05, 0) is 36.4 Å². The molecule has 4 nitrogen and oxygen atoms in total. The van der Waals surface area contributed by atoms with Crippen molar-refractivity contribution in [2.45, 2.75) is 26.9 Å². The minimum atomic E-state index is -4.49. The molecule has 0 bridgehead atoms. The van der Waals surface area contributed by atoms with Crippen LogP contribution in [0.2, 0.25) is 0 Å². The third kappa shape index (κ3) is 5.08. The SMILES string of the molecule is CC(C)(C)C(=O)Nc1cccc(C(=O)Nc2cccc(C(F)(F)F)c2)c1. The molecule has 26 heavy (non-hydrogen) atoms. The second-order valence-corrected chi connectivity index (χ2v) is 6.82. The Morgan fingerprint density at radius 3 is 2.00 bits per heavy atom. The summed E-state index contributed by atoms with van der Waals surface area (Å²) in [5.41, 5.74) is -0.762. The molecule has 0 fully saturated rings. The van der Waals surface area contributed by atoms with E-state index in [0.29, 0.717) is 5.69 Å². The first-order valence-corrected chi connectivity index (χ1v) is 7.87. The van der Waals surface area contributed by atoms with Crippen molar-refractivity contribution in [2.75, 3.05) is 10.6 Å². The number of nitrogens with one attached hydrogen (secondary N) is 2. The maximum atomic E-state index is 12.7. The second-order valence-electron chi connectivity index (χ2n) is 6.82. The number of halogens is 3. The Labute approximate surface area is 149 Å². The lowest BCUT2D eigenvalue weighted by Crippen LogP contribution is -2.27. The highest BCUT2D eigenvalue weighted by molar-refractivity contribution is 6.05. The molecule has 0 radical (unpaired) electrons. The van der Waals surface area contributed by atoms with Crippen LogP contribution < -0.4 is 10.6 Å². The number of hydrogen-bond donors (Lipinski definition) is 2. The van der Waals surface area contributed by atoms with E-state index in [-0.39, 0.29) is 17.2 Å². The number of alkyl halides is 3. The van der Waals surface area contributed by atoms with Crippen molar-refractivity contribution in [3.05, 3.63) is 59.7 Å². The van der Waals surface area contributed by atoms with Gasteiger partial charge in [-0.2, -0.15) is 13.2 Å². The number of hydrogen-bond acceptors (Lipinski definition) is 2. The third-order valence-corrected chi connectivity index (χ3v) is 3.51. The first-order chi connectivity index (χ1) is 12.0. The lowest BCUT2D eigenvalue weighted by atomic mass is 9.95. The summed E-state index contributed by atoms with van der Waals surface area (Å²) in [5, 5.41) is 5.13. The van der Waals surface area contributed by atoms with Gasteiger partial charge in [0.15, 0.2) is 0 Å². The first kappa shape index (κ1) is 19.5. The van der Waals surface area contributed by atoms with Crippen LogP contribution in [0.25, 0.3) is 0 Å². The highest BCUT2D eigenvalue weighted by Gasteiger charge is 2.30. The summed E-state index contributed by atoms with van der Waals surface area (Å²) in [6.07, 6.45) is -4.49. The number of rotatable bonds is 3. The molecular weight excluding hydrogens is 345 g/mol. The summed E-state index contributed by atoms with van der Waals surface area (Å²) in [7, 11) is 0. The summed E-state index contributed by atoms with van der Waals surface area (Å²) in [6.45, 7) is 5.27. The van der Waals surface area contributed by atoms with Gasteiger partial charge in [0.05, 0.1) is 5.56 Å². The van der Waals surface area contributed by atoms with Crippen molar-refractivity contribution >= 4 is 23.2 Å². The van der Waals surface area contributed by atoms with E-state index in [0.717, 1.165) is 12.1 Å². The van der Waals surface area contributed by atoms with Gasteiger partial charge in [-0.3, -0.25) is 9.59 Å². The average Bonchev–Trinajstić information content (AvgIpc) is 2.53. The Bertz CT molecular complexity index is 824. The molecule has 0 atom stereocenters. The molecule has 0 spiro atoms. The summed E-state index contributed by atoms with van der Waals surface area (Å²) < 4.78 is 38.2. The molecular formula is C19H19F3N2O2. The van der Waals surface area contributed by atoms with E-state index in [2.05, 4.69) is 10.6 Å². The maximum Gasteiger partial charge on any atom is 0.416 e. The average molecular weight is 364 g/mol. The number of anilines is 2. The molecule has 0 aromatic heterocycles. The van der Waals surface area contributed by atoms with E-state index < -0.39 is 23.1 Å². The van der Waals surface area contributed by atoms with Gasteiger partial charge >= 0.3 is 6.18 Å². The van der Waals surface area contributed by atoms with Gasteiger partial charge in [0.2, 0.25) is 5.91 Å². The van der Waals surface area contributed by atoms with Crippen LogP contribution in [0.15, 0.2) is 48.5 Å². The van der Waals surface area contributed by atoms with E-state index in [1.807, 2.05) is 0 Å². The normalized spacial score (nSPS) is 11.8. The summed E-state index contributed by atoms with van der Waals surface area (Å²) >= 11 is 0. The van der Waals surface area contributed by atoms with Crippen LogP contribution in [-0.2, 0) is 11.0 Å². The van der Waals surface area contributed by atoms with Gasteiger partial charge in [0, 0.05) is 22.4 Å². The Kier molecular flexibility index (Phi) is 5.39. The highest BCUT2D eigenvalue weighted by atomic mass is 19.4. The number of carbonyl (C=O) groups excluding carboxylic acids is 2. The van der Waals surface area contributed by atoms with Crippen molar-refractivity contribution < 1.29 is 22.8 Å². The van der Waals surface area contributed by atoms with E-state index >= 15 is 0 Å². The molecule has 2 rings (SSSR count). The van der Waals surface area contributed by atoms with Gasteiger partial charge < -0.3 is 10.6 Å². The maximum absolute atomic E-state index is 12.7. The Hall–Kier alpha value is -2.83. The van der Waals surface area contributed by atoms with Gasteiger partial charge in [0.25, 0.3) is 5.91 Å². The molecule has 0 saturated carbocycles. The fourth-order valence-electron chi connectivity index (χ4n) is 2.03. The van der Waals surface area contributed by atoms with Crippen molar-refractivity contribution in [1.29, 1.82) is 0 Å². The fourth-order valence-corrected chi connectivity index (χ4v) is 2.03. The zero-order chi connectivity index (χ0) is 19.5. The van der Waals surface area contributed by atoms with Crippen molar-refractivity contribution in [3.63, 3.8) is 0 Å². The quantitative estimate of drug-likeness (QED) is 0.810. The molecule has 138 valence electrons. The van der Waals surface area contributed by atoms with Crippen LogP contribution in [0.3, 0.4) is 0 Å². The molecule has 2 amide bonds. The first-order valence-electron chi connectivity index (χ1n) is 7.87. The Morgan fingerprint density at radius 1 is 0.846 bits per heavy atom. The Morgan fingerprint density at radius 2 is 1.42 bits per heavy atom. The minimum Gasteiger partial charge on any atom is -0.326 e. The van der Waals surface area contributed by atoms with Crippen molar-refractivity contribution in [3.8, 4) is 0 Å². The van der Waals surface area contributed by atoms with E-state index in [1.54, 1.807) is 32.9 Å². The van der Waals surface area contributed by atoms with Gasteiger partial charge in [-0.1, -0.05) is 32.9 Å². The zero-order valence-corrected chi connectivity index (χ0v) is 14.6. The summed E-state index contributed by atoms with van der Waals surface area (Å²) in [4.78, 5) is 24.3. The molecule has 2 aromatic rings. The number of carbonyl (C=O) groups is 2. The highest BCUT2D eigenvalue weighted by Crippen LogP contribution is 2.30. The van der Waals surface area contributed by atoms with E-state index in [1.165, 1.54) is 24.3 Å². The van der Waals surface area contributed by atoms with E-state index in [9.17, 15) is 22.8 Å².